The SMILES string of the molecule is O=C(Nc1ccc(Cl)cc1)Nc1cccc(-c2nccnc2N2CCSCC2)c1. The summed E-state index contributed by atoms with van der Waals surface area (Å²) >= 11 is 7.83. The predicted octanol–water partition coefficient (Wildman–Crippen LogP) is 4.99. The van der Waals surface area contributed by atoms with Crippen LogP contribution in [0.3, 0.4) is 0 Å². The number of urea groups is 1. The van der Waals surface area contributed by atoms with Gasteiger partial charge in [-0.15, -0.1) is 0 Å². The number of carbonyl (C=O) groups excluding carboxylic acids is 1. The molecule has 29 heavy (non-hydrogen) atoms. The number of anilines is 3. The molecule has 0 bridgehead atoms. The van der Waals surface area contributed by atoms with Gasteiger partial charge in [-0.2, -0.15) is 11.8 Å². The maximum Gasteiger partial charge on any atom is 0.323 e. The summed E-state index contributed by atoms with van der Waals surface area (Å²) in [6.07, 6.45) is 3.42. The van der Waals surface area contributed by atoms with E-state index in [-0.39, 0.29) is 6.03 Å². The number of benzene rings is 2. The lowest BCUT2D eigenvalue weighted by Crippen LogP contribution is -2.33. The lowest BCUT2D eigenvalue weighted by atomic mass is 10.1. The molecule has 3 aromatic rings. The molecule has 0 radical (unpaired) electrons. The quantitative estimate of drug-likeness (QED) is 0.615. The van der Waals surface area contributed by atoms with E-state index in [9.17, 15) is 4.79 Å². The van der Waals surface area contributed by atoms with E-state index in [2.05, 4.69) is 25.5 Å². The Balaban J connectivity index is 1.52. The fourth-order valence-electron chi connectivity index (χ4n) is 3.11. The minimum absolute atomic E-state index is 0.322. The molecule has 2 aromatic carbocycles. The van der Waals surface area contributed by atoms with Gasteiger partial charge in [-0.1, -0.05) is 23.7 Å². The third-order valence-corrected chi connectivity index (χ3v) is 5.68. The summed E-state index contributed by atoms with van der Waals surface area (Å²) < 4.78 is 0. The number of aromatic nitrogens is 2. The van der Waals surface area contributed by atoms with Crippen LogP contribution >= 0.6 is 23.4 Å². The molecule has 2 heterocycles. The van der Waals surface area contributed by atoms with Gasteiger partial charge in [0.25, 0.3) is 0 Å². The zero-order chi connectivity index (χ0) is 20.1. The van der Waals surface area contributed by atoms with Crippen LogP contribution in [0, 0.1) is 0 Å². The topological polar surface area (TPSA) is 70.1 Å². The van der Waals surface area contributed by atoms with Crippen molar-refractivity contribution in [2.45, 2.75) is 0 Å². The van der Waals surface area contributed by atoms with E-state index in [0.717, 1.165) is 41.7 Å². The van der Waals surface area contributed by atoms with Crippen LogP contribution in [0.15, 0.2) is 60.9 Å². The lowest BCUT2D eigenvalue weighted by molar-refractivity contribution is 0.262. The molecular formula is C21H20ClN5OS. The Morgan fingerprint density at radius 2 is 1.69 bits per heavy atom. The first kappa shape index (κ1) is 19.5. The van der Waals surface area contributed by atoms with Crippen molar-refractivity contribution in [2.24, 2.45) is 0 Å². The molecule has 1 saturated heterocycles. The van der Waals surface area contributed by atoms with Crippen LogP contribution in [-0.2, 0) is 0 Å². The standard InChI is InChI=1S/C21H20ClN5OS/c22-16-4-6-17(7-5-16)25-21(28)26-18-3-1-2-15(14-18)19-20(24-9-8-23-19)27-10-12-29-13-11-27/h1-9,14H,10-13H2,(H2,25,26,28). The highest BCUT2D eigenvalue weighted by atomic mass is 35.5. The van der Waals surface area contributed by atoms with Crippen LogP contribution in [0.4, 0.5) is 22.0 Å². The number of carbonyl (C=O) groups is 1. The molecule has 1 aliphatic rings. The van der Waals surface area contributed by atoms with E-state index in [4.69, 9.17) is 11.6 Å². The van der Waals surface area contributed by atoms with Crippen molar-refractivity contribution in [1.82, 2.24) is 9.97 Å². The van der Waals surface area contributed by atoms with E-state index in [1.54, 1.807) is 36.7 Å². The second-order valence-electron chi connectivity index (χ2n) is 6.49. The maximum atomic E-state index is 12.3. The van der Waals surface area contributed by atoms with Gasteiger partial charge in [-0.05, 0) is 36.4 Å². The van der Waals surface area contributed by atoms with Crippen LogP contribution in [0.25, 0.3) is 11.3 Å². The Bertz CT molecular complexity index is 992. The molecule has 0 atom stereocenters. The number of nitrogens with zero attached hydrogens (tertiary/aromatic N) is 3. The average molecular weight is 426 g/mol. The van der Waals surface area contributed by atoms with Gasteiger partial charge < -0.3 is 15.5 Å². The van der Waals surface area contributed by atoms with Gasteiger partial charge in [0, 0.05) is 58.9 Å². The number of hydrogen-bond acceptors (Lipinski definition) is 5. The van der Waals surface area contributed by atoms with Crippen molar-refractivity contribution in [3.05, 3.63) is 65.9 Å². The maximum absolute atomic E-state index is 12.3. The fraction of sp³-hybridized carbons (Fsp3) is 0.190. The zero-order valence-corrected chi connectivity index (χ0v) is 17.2. The molecule has 1 aromatic heterocycles. The van der Waals surface area contributed by atoms with Gasteiger partial charge in [0.15, 0.2) is 5.82 Å². The van der Waals surface area contributed by atoms with Gasteiger partial charge >= 0.3 is 6.03 Å². The summed E-state index contributed by atoms with van der Waals surface area (Å²) in [4.78, 5) is 23.7. The first-order valence-corrected chi connectivity index (χ1v) is 10.8. The molecule has 8 heteroatoms. The van der Waals surface area contributed by atoms with E-state index in [1.165, 1.54) is 0 Å². The van der Waals surface area contributed by atoms with Gasteiger partial charge in [0.05, 0.1) is 0 Å². The van der Waals surface area contributed by atoms with Crippen LogP contribution in [0.2, 0.25) is 5.02 Å². The molecule has 0 saturated carbocycles. The van der Waals surface area contributed by atoms with E-state index >= 15 is 0 Å². The fourth-order valence-corrected chi connectivity index (χ4v) is 4.14. The monoisotopic (exact) mass is 425 g/mol. The molecule has 2 amide bonds. The Kier molecular flexibility index (Phi) is 6.17. The summed E-state index contributed by atoms with van der Waals surface area (Å²) in [6.45, 7) is 1.91. The average Bonchev–Trinajstić information content (AvgIpc) is 2.76. The summed E-state index contributed by atoms with van der Waals surface area (Å²) in [5, 5.41) is 6.28. The molecule has 1 aliphatic heterocycles. The van der Waals surface area contributed by atoms with Gasteiger partial charge in [-0.3, -0.25) is 4.98 Å². The van der Waals surface area contributed by atoms with Crippen molar-refractivity contribution >= 4 is 46.6 Å². The van der Waals surface area contributed by atoms with Crippen molar-refractivity contribution in [3.8, 4) is 11.3 Å². The highest BCUT2D eigenvalue weighted by molar-refractivity contribution is 7.99. The van der Waals surface area contributed by atoms with Gasteiger partial charge in [0.1, 0.15) is 5.69 Å². The summed E-state index contributed by atoms with van der Waals surface area (Å²) in [6, 6.07) is 14.3. The number of hydrogen-bond donors (Lipinski definition) is 2. The molecule has 0 spiro atoms. The first-order valence-electron chi connectivity index (χ1n) is 9.27. The number of thioether (sulfide) groups is 1. The summed E-state index contributed by atoms with van der Waals surface area (Å²) in [7, 11) is 0. The van der Waals surface area contributed by atoms with Crippen molar-refractivity contribution in [2.75, 3.05) is 40.1 Å². The third kappa shape index (κ3) is 4.99. The molecule has 2 N–H and O–H groups in total. The second kappa shape index (κ2) is 9.15. The zero-order valence-electron chi connectivity index (χ0n) is 15.6. The van der Waals surface area contributed by atoms with Gasteiger partial charge in [0.2, 0.25) is 0 Å². The van der Waals surface area contributed by atoms with E-state index in [1.807, 2.05) is 36.0 Å². The summed E-state index contributed by atoms with van der Waals surface area (Å²) in [5.41, 5.74) is 3.08. The molecule has 6 nitrogen and oxygen atoms in total. The van der Waals surface area contributed by atoms with Gasteiger partial charge in [-0.25, -0.2) is 9.78 Å². The Morgan fingerprint density at radius 1 is 0.966 bits per heavy atom. The van der Waals surface area contributed by atoms with Crippen LogP contribution < -0.4 is 15.5 Å². The van der Waals surface area contributed by atoms with Crippen molar-refractivity contribution in [3.63, 3.8) is 0 Å². The minimum Gasteiger partial charge on any atom is -0.353 e. The molecule has 0 aliphatic carbocycles. The molecule has 4 rings (SSSR count). The molecule has 1 fully saturated rings. The predicted molar refractivity (Wildman–Crippen MR) is 121 cm³/mol. The van der Waals surface area contributed by atoms with E-state index in [0.29, 0.717) is 16.4 Å². The largest absolute Gasteiger partial charge is 0.353 e. The number of halogens is 1. The number of amides is 2. The molecule has 0 unspecified atom stereocenters. The van der Waals surface area contributed by atoms with Crippen molar-refractivity contribution < 1.29 is 4.79 Å². The number of nitrogens with one attached hydrogen (secondary N) is 2. The molecule has 148 valence electrons. The van der Waals surface area contributed by atoms with Crippen LogP contribution in [0.1, 0.15) is 0 Å². The van der Waals surface area contributed by atoms with E-state index < -0.39 is 0 Å². The van der Waals surface area contributed by atoms with Crippen LogP contribution in [0.5, 0.6) is 0 Å². The smallest absolute Gasteiger partial charge is 0.323 e. The highest BCUT2D eigenvalue weighted by Gasteiger charge is 2.18. The lowest BCUT2D eigenvalue weighted by Gasteiger charge is -2.28. The Hall–Kier alpha value is -2.77. The number of rotatable bonds is 4. The minimum atomic E-state index is -0.322. The first-order chi connectivity index (χ1) is 14.2. The highest BCUT2D eigenvalue weighted by Crippen LogP contribution is 2.29. The second-order valence-corrected chi connectivity index (χ2v) is 8.16. The Labute approximate surface area is 178 Å². The normalized spacial score (nSPS) is 13.8. The molecular weight excluding hydrogens is 406 g/mol. The van der Waals surface area contributed by atoms with Crippen molar-refractivity contribution in [1.29, 1.82) is 0 Å². The third-order valence-electron chi connectivity index (χ3n) is 4.49. The Morgan fingerprint density at radius 3 is 2.48 bits per heavy atom. The van der Waals surface area contributed by atoms with Crippen LogP contribution in [-0.4, -0.2) is 40.6 Å². The summed E-state index contributed by atoms with van der Waals surface area (Å²) in [5.74, 6) is 3.06.